The predicted molar refractivity (Wildman–Crippen MR) is 97.0 cm³/mol. The van der Waals surface area contributed by atoms with Crippen molar-refractivity contribution < 1.29 is 14.3 Å². The Morgan fingerprint density at radius 3 is 2.30 bits per heavy atom. The summed E-state index contributed by atoms with van der Waals surface area (Å²) in [6, 6.07) is 5.06. The van der Waals surface area contributed by atoms with E-state index in [-0.39, 0.29) is 5.97 Å². The molecule has 1 rings (SSSR count). The van der Waals surface area contributed by atoms with Crippen molar-refractivity contribution in [3.8, 4) is 5.75 Å². The first-order valence-electron chi connectivity index (χ1n) is 8.88. The SMILES string of the molecule is CC.CCCCCCOC(=O)c1ccc(OCCCC)c(N)c1. The second kappa shape index (κ2) is 13.9. The lowest BCUT2D eigenvalue weighted by Crippen LogP contribution is -2.08. The topological polar surface area (TPSA) is 61.5 Å². The van der Waals surface area contributed by atoms with E-state index in [1.807, 2.05) is 13.8 Å². The standard InChI is InChI=1S/C17H27NO3.C2H6/c1-3-5-7-8-12-21-17(19)14-9-10-16(15(18)13-14)20-11-6-4-2;1-2/h9-10,13H,3-8,11-12,18H2,1-2H3;1-2H3. The van der Waals surface area contributed by atoms with Crippen LogP contribution < -0.4 is 10.5 Å². The number of esters is 1. The van der Waals surface area contributed by atoms with Crippen LogP contribution in [-0.4, -0.2) is 19.2 Å². The van der Waals surface area contributed by atoms with Gasteiger partial charge in [0.15, 0.2) is 0 Å². The molecule has 0 heterocycles. The van der Waals surface area contributed by atoms with E-state index >= 15 is 0 Å². The van der Waals surface area contributed by atoms with Crippen molar-refractivity contribution >= 4 is 11.7 Å². The number of anilines is 1. The Labute approximate surface area is 141 Å². The van der Waals surface area contributed by atoms with Crippen LogP contribution in [0.4, 0.5) is 5.69 Å². The van der Waals surface area contributed by atoms with Gasteiger partial charge in [0.05, 0.1) is 24.5 Å². The molecule has 0 radical (unpaired) electrons. The van der Waals surface area contributed by atoms with E-state index in [1.165, 1.54) is 12.8 Å². The smallest absolute Gasteiger partial charge is 0.338 e. The second-order valence-corrected chi connectivity index (χ2v) is 5.15. The predicted octanol–water partition coefficient (Wildman–Crippen LogP) is 5.21. The van der Waals surface area contributed by atoms with Gasteiger partial charge in [0.25, 0.3) is 0 Å². The van der Waals surface area contributed by atoms with Gasteiger partial charge in [0, 0.05) is 0 Å². The maximum Gasteiger partial charge on any atom is 0.338 e. The number of rotatable bonds is 10. The average Bonchev–Trinajstić information content (AvgIpc) is 2.58. The molecular weight excluding hydrogens is 290 g/mol. The Hall–Kier alpha value is -1.71. The Bertz CT molecular complexity index is 433. The van der Waals surface area contributed by atoms with Gasteiger partial charge < -0.3 is 15.2 Å². The molecule has 0 aliphatic rings. The lowest BCUT2D eigenvalue weighted by atomic mass is 10.2. The largest absolute Gasteiger partial charge is 0.491 e. The molecular formula is C19H33NO3. The summed E-state index contributed by atoms with van der Waals surface area (Å²) in [5, 5.41) is 0. The van der Waals surface area contributed by atoms with Crippen molar-refractivity contribution in [1.29, 1.82) is 0 Å². The first-order valence-corrected chi connectivity index (χ1v) is 8.88. The molecule has 2 N–H and O–H groups in total. The molecule has 132 valence electrons. The Morgan fingerprint density at radius 1 is 1.00 bits per heavy atom. The van der Waals surface area contributed by atoms with E-state index in [2.05, 4.69) is 13.8 Å². The zero-order valence-electron chi connectivity index (χ0n) is 15.2. The summed E-state index contributed by atoms with van der Waals surface area (Å²) in [5.41, 5.74) is 6.86. The maximum absolute atomic E-state index is 11.9. The van der Waals surface area contributed by atoms with Gasteiger partial charge in [-0.15, -0.1) is 0 Å². The van der Waals surface area contributed by atoms with Crippen LogP contribution in [-0.2, 0) is 4.74 Å². The molecule has 0 unspecified atom stereocenters. The van der Waals surface area contributed by atoms with Gasteiger partial charge in [0.2, 0.25) is 0 Å². The van der Waals surface area contributed by atoms with Crippen LogP contribution in [0.3, 0.4) is 0 Å². The van der Waals surface area contributed by atoms with Gasteiger partial charge >= 0.3 is 5.97 Å². The molecule has 0 saturated carbocycles. The van der Waals surface area contributed by atoms with Gasteiger partial charge in [-0.2, -0.15) is 0 Å². The summed E-state index contributed by atoms with van der Waals surface area (Å²) in [4.78, 5) is 11.9. The van der Waals surface area contributed by atoms with Crippen LogP contribution in [0.15, 0.2) is 18.2 Å². The van der Waals surface area contributed by atoms with E-state index in [1.54, 1.807) is 18.2 Å². The highest BCUT2D eigenvalue weighted by atomic mass is 16.5. The fourth-order valence-corrected chi connectivity index (χ4v) is 1.91. The third-order valence-electron chi connectivity index (χ3n) is 3.23. The van der Waals surface area contributed by atoms with Crippen LogP contribution in [0.2, 0.25) is 0 Å². The molecule has 4 nitrogen and oxygen atoms in total. The lowest BCUT2D eigenvalue weighted by Gasteiger charge is -2.10. The summed E-state index contributed by atoms with van der Waals surface area (Å²) in [7, 11) is 0. The molecule has 0 fully saturated rings. The number of nitrogen functional groups attached to an aromatic ring is 1. The summed E-state index contributed by atoms with van der Waals surface area (Å²) >= 11 is 0. The summed E-state index contributed by atoms with van der Waals surface area (Å²) < 4.78 is 10.8. The number of hydrogen-bond acceptors (Lipinski definition) is 4. The fraction of sp³-hybridized carbons (Fsp3) is 0.632. The molecule has 0 atom stereocenters. The van der Waals surface area contributed by atoms with Gasteiger partial charge in [-0.3, -0.25) is 0 Å². The molecule has 0 saturated heterocycles. The zero-order chi connectivity index (χ0) is 17.5. The summed E-state index contributed by atoms with van der Waals surface area (Å²) in [6.45, 7) is 9.36. The van der Waals surface area contributed by atoms with E-state index in [9.17, 15) is 4.79 Å². The van der Waals surface area contributed by atoms with Crippen molar-refractivity contribution in [3.63, 3.8) is 0 Å². The summed E-state index contributed by atoms with van der Waals surface area (Å²) in [5.74, 6) is 0.307. The van der Waals surface area contributed by atoms with Crippen molar-refractivity contribution in [2.75, 3.05) is 18.9 Å². The molecule has 23 heavy (non-hydrogen) atoms. The van der Waals surface area contributed by atoms with Crippen LogP contribution in [0, 0.1) is 0 Å². The van der Waals surface area contributed by atoms with Gasteiger partial charge in [-0.05, 0) is 31.0 Å². The van der Waals surface area contributed by atoms with E-state index in [4.69, 9.17) is 15.2 Å². The first kappa shape index (κ1) is 21.3. The number of benzene rings is 1. The summed E-state index contributed by atoms with van der Waals surface area (Å²) in [6.07, 6.45) is 6.41. The van der Waals surface area contributed by atoms with Crippen LogP contribution >= 0.6 is 0 Å². The zero-order valence-corrected chi connectivity index (χ0v) is 15.2. The van der Waals surface area contributed by atoms with Crippen LogP contribution in [0.25, 0.3) is 0 Å². The minimum Gasteiger partial charge on any atom is -0.491 e. The molecule has 0 spiro atoms. The third-order valence-corrected chi connectivity index (χ3v) is 3.23. The minimum atomic E-state index is -0.321. The van der Waals surface area contributed by atoms with Crippen molar-refractivity contribution in [2.45, 2.75) is 66.2 Å². The fourth-order valence-electron chi connectivity index (χ4n) is 1.91. The molecule has 0 aromatic heterocycles. The molecule has 0 amide bonds. The molecule has 1 aromatic carbocycles. The van der Waals surface area contributed by atoms with Crippen molar-refractivity contribution in [1.82, 2.24) is 0 Å². The van der Waals surface area contributed by atoms with Gasteiger partial charge in [-0.1, -0.05) is 53.4 Å². The monoisotopic (exact) mass is 323 g/mol. The van der Waals surface area contributed by atoms with E-state index in [0.29, 0.717) is 30.2 Å². The number of ether oxygens (including phenoxy) is 2. The third kappa shape index (κ3) is 9.11. The molecule has 0 aliphatic carbocycles. The number of hydrogen-bond donors (Lipinski definition) is 1. The maximum atomic E-state index is 11.9. The molecule has 4 heteroatoms. The normalized spacial score (nSPS) is 9.74. The number of nitrogens with two attached hydrogens (primary N) is 1. The molecule has 1 aromatic rings. The second-order valence-electron chi connectivity index (χ2n) is 5.15. The van der Waals surface area contributed by atoms with E-state index in [0.717, 1.165) is 25.7 Å². The minimum absolute atomic E-state index is 0.321. The number of carbonyl (C=O) groups is 1. The molecule has 0 bridgehead atoms. The highest BCUT2D eigenvalue weighted by Crippen LogP contribution is 2.23. The number of unbranched alkanes of at least 4 members (excludes halogenated alkanes) is 4. The van der Waals surface area contributed by atoms with Gasteiger partial charge in [0.1, 0.15) is 5.75 Å². The highest BCUT2D eigenvalue weighted by Gasteiger charge is 2.10. The number of carbonyl (C=O) groups excluding carboxylic acids is 1. The Kier molecular flexibility index (Phi) is 12.9. The van der Waals surface area contributed by atoms with Crippen molar-refractivity contribution in [3.05, 3.63) is 23.8 Å². The lowest BCUT2D eigenvalue weighted by molar-refractivity contribution is 0.0498. The van der Waals surface area contributed by atoms with Crippen LogP contribution in [0.5, 0.6) is 5.75 Å². The van der Waals surface area contributed by atoms with Crippen LogP contribution in [0.1, 0.15) is 76.6 Å². The Morgan fingerprint density at radius 2 is 1.70 bits per heavy atom. The van der Waals surface area contributed by atoms with E-state index < -0.39 is 0 Å². The first-order chi connectivity index (χ1) is 11.2. The highest BCUT2D eigenvalue weighted by molar-refractivity contribution is 5.91. The Balaban J connectivity index is 0.00000232. The molecule has 0 aliphatic heterocycles. The van der Waals surface area contributed by atoms with Gasteiger partial charge in [-0.25, -0.2) is 4.79 Å². The van der Waals surface area contributed by atoms with Crippen molar-refractivity contribution in [2.24, 2.45) is 0 Å². The quantitative estimate of drug-likeness (QED) is 0.365. The average molecular weight is 323 g/mol.